The summed E-state index contributed by atoms with van der Waals surface area (Å²) in [7, 11) is 0. The van der Waals surface area contributed by atoms with Crippen LogP contribution in [0.25, 0.3) is 6.08 Å². The topological polar surface area (TPSA) is 113 Å². The second-order valence-electron chi connectivity index (χ2n) is 7.03. The van der Waals surface area contributed by atoms with Crippen molar-refractivity contribution in [2.24, 2.45) is 0 Å². The zero-order valence-electron chi connectivity index (χ0n) is 17.2. The van der Waals surface area contributed by atoms with Crippen LogP contribution in [0.15, 0.2) is 23.1 Å². The molecule has 166 valence electrons. The van der Waals surface area contributed by atoms with E-state index in [1.807, 2.05) is 0 Å². The van der Waals surface area contributed by atoms with Gasteiger partial charge in [0.15, 0.2) is 18.1 Å². The van der Waals surface area contributed by atoms with Crippen molar-refractivity contribution in [1.82, 2.24) is 9.80 Å². The SMILES string of the molecule is CCOc1cc(/C=C2\SC(=O)N(CC(=O)N3CCCCC3)C2=O)ccc1OCC(=O)O. The second-order valence-corrected chi connectivity index (χ2v) is 8.02. The largest absolute Gasteiger partial charge is 0.490 e. The number of ether oxygens (including phenoxy) is 2. The standard InChI is InChI=1S/C21H24N2O7S/c1-2-29-16-10-14(6-7-15(16)30-13-19(25)26)11-17-20(27)23(21(28)31-17)12-18(24)22-8-4-3-5-9-22/h6-7,10-11H,2-5,8-9,12-13H2,1H3,(H,25,26)/b17-11-. The molecule has 2 aliphatic heterocycles. The molecule has 2 heterocycles. The number of amides is 3. The predicted octanol–water partition coefficient (Wildman–Crippen LogP) is 2.60. The number of carbonyl (C=O) groups excluding carboxylic acids is 3. The fraction of sp³-hybridized carbons (Fsp3) is 0.429. The summed E-state index contributed by atoms with van der Waals surface area (Å²) < 4.78 is 10.7. The Morgan fingerprint density at radius 1 is 1.13 bits per heavy atom. The molecule has 3 rings (SSSR count). The average Bonchev–Trinajstić information content (AvgIpc) is 3.01. The minimum Gasteiger partial charge on any atom is -0.490 e. The molecule has 0 spiro atoms. The zero-order chi connectivity index (χ0) is 22.4. The van der Waals surface area contributed by atoms with Gasteiger partial charge < -0.3 is 19.5 Å². The van der Waals surface area contributed by atoms with Crippen LogP contribution in [0, 0.1) is 0 Å². The number of thioether (sulfide) groups is 1. The monoisotopic (exact) mass is 448 g/mol. The number of carboxylic acids is 1. The van der Waals surface area contributed by atoms with Gasteiger partial charge in [-0.3, -0.25) is 19.3 Å². The van der Waals surface area contributed by atoms with Crippen LogP contribution >= 0.6 is 11.8 Å². The number of imide groups is 1. The molecule has 9 nitrogen and oxygen atoms in total. The maximum absolute atomic E-state index is 12.7. The molecule has 2 aliphatic rings. The van der Waals surface area contributed by atoms with Crippen molar-refractivity contribution >= 4 is 40.9 Å². The summed E-state index contributed by atoms with van der Waals surface area (Å²) in [6.45, 7) is 2.65. The van der Waals surface area contributed by atoms with Crippen LogP contribution in [0.5, 0.6) is 11.5 Å². The molecule has 0 radical (unpaired) electrons. The Kier molecular flexibility index (Phi) is 7.56. The maximum Gasteiger partial charge on any atom is 0.341 e. The Labute approximate surface area is 184 Å². The van der Waals surface area contributed by atoms with Gasteiger partial charge in [0.2, 0.25) is 5.91 Å². The molecular weight excluding hydrogens is 424 g/mol. The number of aliphatic carboxylic acids is 1. The van der Waals surface area contributed by atoms with Gasteiger partial charge in [0.25, 0.3) is 11.1 Å². The lowest BCUT2D eigenvalue weighted by atomic mass is 10.1. The zero-order valence-corrected chi connectivity index (χ0v) is 18.0. The molecule has 0 aromatic heterocycles. The molecule has 1 aromatic rings. The summed E-state index contributed by atoms with van der Waals surface area (Å²) in [6.07, 6.45) is 4.49. The van der Waals surface area contributed by atoms with E-state index in [4.69, 9.17) is 14.6 Å². The Morgan fingerprint density at radius 2 is 1.87 bits per heavy atom. The number of likely N-dealkylation sites (tertiary alicyclic amines) is 1. The molecule has 3 amide bonds. The van der Waals surface area contributed by atoms with E-state index >= 15 is 0 Å². The Morgan fingerprint density at radius 3 is 2.55 bits per heavy atom. The second kappa shape index (κ2) is 10.3. The first-order valence-corrected chi connectivity index (χ1v) is 10.8. The average molecular weight is 448 g/mol. The lowest BCUT2D eigenvalue weighted by Gasteiger charge is -2.27. The van der Waals surface area contributed by atoms with Crippen LogP contribution in [-0.2, 0) is 14.4 Å². The molecule has 0 atom stereocenters. The molecule has 0 saturated carbocycles. The minimum absolute atomic E-state index is 0.207. The first kappa shape index (κ1) is 22.7. The van der Waals surface area contributed by atoms with Crippen molar-refractivity contribution in [2.45, 2.75) is 26.2 Å². The summed E-state index contributed by atoms with van der Waals surface area (Å²) in [4.78, 5) is 51.1. The van der Waals surface area contributed by atoms with Gasteiger partial charge in [0.05, 0.1) is 11.5 Å². The van der Waals surface area contributed by atoms with E-state index in [9.17, 15) is 19.2 Å². The molecule has 31 heavy (non-hydrogen) atoms. The van der Waals surface area contributed by atoms with E-state index in [2.05, 4.69) is 0 Å². The highest BCUT2D eigenvalue weighted by Gasteiger charge is 2.37. The summed E-state index contributed by atoms with van der Waals surface area (Å²) >= 11 is 0.781. The van der Waals surface area contributed by atoms with Crippen molar-refractivity contribution in [1.29, 1.82) is 0 Å². The van der Waals surface area contributed by atoms with Crippen molar-refractivity contribution < 1.29 is 33.8 Å². The smallest absolute Gasteiger partial charge is 0.341 e. The Balaban J connectivity index is 1.73. The first-order chi connectivity index (χ1) is 14.9. The summed E-state index contributed by atoms with van der Waals surface area (Å²) in [6, 6.07) is 4.78. The fourth-order valence-electron chi connectivity index (χ4n) is 3.31. The third-order valence-corrected chi connectivity index (χ3v) is 5.70. The molecular formula is C21H24N2O7S. The maximum atomic E-state index is 12.7. The number of carboxylic acid groups (broad SMARTS) is 1. The van der Waals surface area contributed by atoms with E-state index in [0.29, 0.717) is 31.0 Å². The Hall–Kier alpha value is -3.01. The molecule has 2 fully saturated rings. The van der Waals surface area contributed by atoms with Gasteiger partial charge in [-0.25, -0.2) is 4.79 Å². The number of hydrogen-bond donors (Lipinski definition) is 1. The first-order valence-electron chi connectivity index (χ1n) is 10.0. The summed E-state index contributed by atoms with van der Waals surface area (Å²) in [5.74, 6) is -1.25. The fourth-order valence-corrected chi connectivity index (χ4v) is 4.15. The third kappa shape index (κ3) is 5.78. The number of rotatable bonds is 8. The van der Waals surface area contributed by atoms with Gasteiger partial charge in [-0.15, -0.1) is 0 Å². The number of nitrogens with zero attached hydrogens (tertiary/aromatic N) is 2. The highest BCUT2D eigenvalue weighted by Crippen LogP contribution is 2.34. The number of piperidine rings is 1. The predicted molar refractivity (Wildman–Crippen MR) is 114 cm³/mol. The van der Waals surface area contributed by atoms with E-state index in [-0.39, 0.29) is 23.1 Å². The van der Waals surface area contributed by atoms with Crippen LogP contribution in [0.1, 0.15) is 31.7 Å². The van der Waals surface area contributed by atoms with E-state index in [1.165, 1.54) is 0 Å². The van der Waals surface area contributed by atoms with Crippen LogP contribution in [-0.4, -0.2) is 70.8 Å². The Bertz CT molecular complexity index is 909. The van der Waals surface area contributed by atoms with Gasteiger partial charge in [-0.2, -0.15) is 0 Å². The van der Waals surface area contributed by atoms with Crippen LogP contribution in [0.4, 0.5) is 4.79 Å². The van der Waals surface area contributed by atoms with E-state index in [1.54, 1.807) is 36.1 Å². The van der Waals surface area contributed by atoms with Crippen molar-refractivity contribution in [3.05, 3.63) is 28.7 Å². The number of benzene rings is 1. The molecule has 0 aliphatic carbocycles. The van der Waals surface area contributed by atoms with Crippen LogP contribution in [0.3, 0.4) is 0 Å². The molecule has 0 unspecified atom stereocenters. The van der Waals surface area contributed by atoms with Gasteiger partial charge in [0, 0.05) is 13.1 Å². The van der Waals surface area contributed by atoms with E-state index < -0.39 is 23.7 Å². The van der Waals surface area contributed by atoms with Crippen molar-refractivity contribution in [3.63, 3.8) is 0 Å². The third-order valence-electron chi connectivity index (χ3n) is 4.79. The van der Waals surface area contributed by atoms with Crippen molar-refractivity contribution in [2.75, 3.05) is 32.8 Å². The highest BCUT2D eigenvalue weighted by atomic mass is 32.2. The molecule has 1 N–H and O–H groups in total. The molecule has 2 saturated heterocycles. The van der Waals surface area contributed by atoms with Gasteiger partial charge in [0.1, 0.15) is 6.54 Å². The van der Waals surface area contributed by atoms with Crippen LogP contribution in [0.2, 0.25) is 0 Å². The normalized spacial score (nSPS) is 17.9. The number of hydrogen-bond acceptors (Lipinski definition) is 7. The quantitative estimate of drug-likeness (QED) is 0.604. The van der Waals surface area contributed by atoms with Crippen molar-refractivity contribution in [3.8, 4) is 11.5 Å². The van der Waals surface area contributed by atoms with Crippen LogP contribution < -0.4 is 9.47 Å². The molecule has 10 heteroatoms. The molecule has 0 bridgehead atoms. The summed E-state index contributed by atoms with van der Waals surface area (Å²) in [5, 5.41) is 8.31. The van der Waals surface area contributed by atoms with E-state index in [0.717, 1.165) is 35.9 Å². The molecule has 1 aromatic carbocycles. The minimum atomic E-state index is -1.11. The number of carbonyl (C=O) groups is 4. The van der Waals surface area contributed by atoms with Gasteiger partial charge in [-0.1, -0.05) is 6.07 Å². The lowest BCUT2D eigenvalue weighted by Crippen LogP contribution is -2.44. The summed E-state index contributed by atoms with van der Waals surface area (Å²) in [5.41, 5.74) is 0.582. The van der Waals surface area contributed by atoms with Gasteiger partial charge in [-0.05, 0) is 61.7 Å². The van der Waals surface area contributed by atoms with Gasteiger partial charge >= 0.3 is 5.97 Å². The lowest BCUT2D eigenvalue weighted by molar-refractivity contribution is -0.139. The highest BCUT2D eigenvalue weighted by molar-refractivity contribution is 8.18.